The minimum atomic E-state index is -0.419. The molecule has 0 fully saturated rings. The molecule has 0 saturated carbocycles. The Morgan fingerprint density at radius 3 is 2.88 bits per heavy atom. The van der Waals surface area contributed by atoms with Gasteiger partial charge in [0, 0.05) is 7.11 Å². The van der Waals surface area contributed by atoms with Gasteiger partial charge < -0.3 is 9.47 Å². The van der Waals surface area contributed by atoms with Crippen LogP contribution in [-0.4, -0.2) is 26.4 Å². The molecule has 6 heteroatoms. The van der Waals surface area contributed by atoms with E-state index in [4.69, 9.17) is 16.3 Å². The molecule has 1 aromatic carbocycles. The largest absolute Gasteiger partial charge is 0.482 e. The van der Waals surface area contributed by atoms with E-state index < -0.39 is 5.91 Å². The van der Waals surface area contributed by atoms with Gasteiger partial charge in [0.15, 0.2) is 13.4 Å². The summed E-state index contributed by atoms with van der Waals surface area (Å²) >= 11 is 5.83. The number of hydrogen-bond acceptors (Lipinski definition) is 4. The third kappa shape index (κ3) is 4.48. The van der Waals surface area contributed by atoms with E-state index in [2.05, 4.69) is 15.1 Å². The summed E-state index contributed by atoms with van der Waals surface area (Å²) in [6.07, 6.45) is 0. The van der Waals surface area contributed by atoms with Gasteiger partial charge in [0.1, 0.15) is 5.75 Å². The number of halogens is 1. The molecule has 0 saturated heterocycles. The molecule has 16 heavy (non-hydrogen) atoms. The summed E-state index contributed by atoms with van der Waals surface area (Å²) in [6, 6.07) is 6.89. The van der Waals surface area contributed by atoms with Crippen molar-refractivity contribution in [1.82, 2.24) is 5.48 Å². The summed E-state index contributed by atoms with van der Waals surface area (Å²) < 4.78 is 9.74. The highest BCUT2D eigenvalue weighted by atomic mass is 35.5. The zero-order valence-electron chi connectivity index (χ0n) is 8.73. The average molecular weight is 246 g/mol. The molecule has 0 aliphatic rings. The zero-order valence-corrected chi connectivity index (χ0v) is 9.49. The number of methoxy groups -OCH3 is 1. The molecule has 0 bridgehead atoms. The Balaban J connectivity index is 2.29. The molecule has 0 atom stereocenters. The number of amides is 1. The van der Waals surface area contributed by atoms with Crippen LogP contribution < -0.4 is 10.2 Å². The molecule has 88 valence electrons. The molecule has 5 nitrogen and oxygen atoms in total. The highest BCUT2D eigenvalue weighted by Gasteiger charge is 2.04. The quantitative estimate of drug-likeness (QED) is 0.467. The minimum absolute atomic E-state index is 0.0160. The fourth-order valence-corrected chi connectivity index (χ4v) is 1.09. The Hall–Kier alpha value is -1.30. The normalized spacial score (nSPS) is 9.88. The zero-order chi connectivity index (χ0) is 11.8. The van der Waals surface area contributed by atoms with Crippen LogP contribution in [0.3, 0.4) is 0 Å². The van der Waals surface area contributed by atoms with Crippen LogP contribution in [0.4, 0.5) is 0 Å². The minimum Gasteiger partial charge on any atom is -0.482 e. The lowest BCUT2D eigenvalue weighted by molar-refractivity contribution is -0.146. The van der Waals surface area contributed by atoms with Gasteiger partial charge in [0.05, 0.1) is 5.02 Å². The molecule has 0 heterocycles. The first kappa shape index (κ1) is 12.8. The number of rotatable bonds is 6. The third-order valence-electron chi connectivity index (χ3n) is 1.56. The lowest BCUT2D eigenvalue weighted by atomic mass is 10.3. The molecule has 1 N–H and O–H groups in total. The van der Waals surface area contributed by atoms with E-state index in [1.54, 1.807) is 24.3 Å². The number of ether oxygens (including phenoxy) is 2. The maximum absolute atomic E-state index is 11.1. The molecule has 0 unspecified atom stereocenters. The van der Waals surface area contributed by atoms with Crippen molar-refractivity contribution in [3.63, 3.8) is 0 Å². The van der Waals surface area contributed by atoms with Gasteiger partial charge in [-0.25, -0.2) is 10.3 Å². The first-order valence-electron chi connectivity index (χ1n) is 4.51. The fourth-order valence-electron chi connectivity index (χ4n) is 0.903. The highest BCUT2D eigenvalue weighted by Crippen LogP contribution is 2.22. The van der Waals surface area contributed by atoms with Crippen molar-refractivity contribution in [3.05, 3.63) is 29.3 Å². The molecule has 1 amide bonds. The van der Waals surface area contributed by atoms with Crippen molar-refractivity contribution in [3.8, 4) is 5.75 Å². The van der Waals surface area contributed by atoms with Crippen LogP contribution in [-0.2, 0) is 14.4 Å². The Morgan fingerprint density at radius 1 is 1.44 bits per heavy atom. The number of benzene rings is 1. The van der Waals surface area contributed by atoms with E-state index in [1.165, 1.54) is 7.11 Å². The van der Waals surface area contributed by atoms with E-state index >= 15 is 0 Å². The molecular weight excluding hydrogens is 234 g/mol. The van der Waals surface area contributed by atoms with E-state index in [0.29, 0.717) is 10.8 Å². The summed E-state index contributed by atoms with van der Waals surface area (Å²) in [6.45, 7) is -0.189. The van der Waals surface area contributed by atoms with Gasteiger partial charge in [-0.1, -0.05) is 23.7 Å². The van der Waals surface area contributed by atoms with Crippen molar-refractivity contribution < 1.29 is 19.1 Å². The maximum Gasteiger partial charge on any atom is 0.281 e. The van der Waals surface area contributed by atoms with Crippen LogP contribution in [0.5, 0.6) is 5.75 Å². The van der Waals surface area contributed by atoms with Gasteiger partial charge in [-0.2, -0.15) is 0 Å². The lowest BCUT2D eigenvalue weighted by Gasteiger charge is -2.07. The first-order chi connectivity index (χ1) is 7.74. The van der Waals surface area contributed by atoms with Crippen molar-refractivity contribution >= 4 is 17.5 Å². The predicted molar refractivity (Wildman–Crippen MR) is 58.1 cm³/mol. The Labute approximate surface area is 98.2 Å². The van der Waals surface area contributed by atoms with Crippen LogP contribution in [0.25, 0.3) is 0 Å². The molecule has 0 aliphatic carbocycles. The van der Waals surface area contributed by atoms with E-state index in [1.807, 2.05) is 0 Å². The molecule has 0 spiro atoms. The number of hydroxylamine groups is 1. The van der Waals surface area contributed by atoms with Crippen molar-refractivity contribution in [2.24, 2.45) is 0 Å². The summed E-state index contributed by atoms with van der Waals surface area (Å²) in [4.78, 5) is 15.8. The SMILES string of the molecule is COCONC(=O)COc1ccccc1Cl. The van der Waals surface area contributed by atoms with Crippen LogP contribution in [0.1, 0.15) is 0 Å². The van der Waals surface area contributed by atoms with Gasteiger partial charge in [0.2, 0.25) is 0 Å². The predicted octanol–water partition coefficient (Wildman–Crippen LogP) is 1.37. The van der Waals surface area contributed by atoms with Crippen LogP contribution in [0.2, 0.25) is 5.02 Å². The summed E-state index contributed by atoms with van der Waals surface area (Å²) in [5.74, 6) is 0.0306. The van der Waals surface area contributed by atoms with E-state index in [-0.39, 0.29) is 13.4 Å². The maximum atomic E-state index is 11.1. The third-order valence-corrected chi connectivity index (χ3v) is 1.87. The monoisotopic (exact) mass is 245 g/mol. The Kier molecular flexibility index (Phi) is 5.63. The van der Waals surface area contributed by atoms with Crippen molar-refractivity contribution in [2.45, 2.75) is 0 Å². The number of para-hydroxylation sites is 1. The summed E-state index contributed by atoms with van der Waals surface area (Å²) in [5, 5.41) is 0.452. The second kappa shape index (κ2) is 7.05. The van der Waals surface area contributed by atoms with Gasteiger partial charge in [-0.05, 0) is 12.1 Å². The van der Waals surface area contributed by atoms with Crippen LogP contribution in [0.15, 0.2) is 24.3 Å². The lowest BCUT2D eigenvalue weighted by Crippen LogP contribution is -2.29. The second-order valence-electron chi connectivity index (χ2n) is 2.80. The van der Waals surface area contributed by atoms with E-state index in [9.17, 15) is 4.79 Å². The van der Waals surface area contributed by atoms with Gasteiger partial charge in [-0.3, -0.25) is 4.79 Å². The molecule has 1 aromatic rings. The molecule has 0 aromatic heterocycles. The standard InChI is InChI=1S/C10H12ClNO4/c1-14-7-16-12-10(13)6-15-9-5-3-2-4-8(9)11/h2-5H,6-7H2,1H3,(H,12,13). The van der Waals surface area contributed by atoms with Gasteiger partial charge in [-0.15, -0.1) is 0 Å². The highest BCUT2D eigenvalue weighted by molar-refractivity contribution is 6.32. The van der Waals surface area contributed by atoms with Crippen LogP contribution >= 0.6 is 11.6 Å². The second-order valence-corrected chi connectivity index (χ2v) is 3.20. The number of nitrogens with one attached hydrogen (secondary N) is 1. The molecule has 0 aliphatic heterocycles. The van der Waals surface area contributed by atoms with Gasteiger partial charge >= 0.3 is 0 Å². The van der Waals surface area contributed by atoms with E-state index in [0.717, 1.165) is 0 Å². The smallest absolute Gasteiger partial charge is 0.281 e. The molecule has 1 rings (SSSR count). The summed E-state index contributed by atoms with van der Waals surface area (Å²) in [5.41, 5.74) is 2.14. The Morgan fingerprint density at radius 2 is 2.19 bits per heavy atom. The molecular formula is C10H12ClNO4. The van der Waals surface area contributed by atoms with Crippen molar-refractivity contribution in [2.75, 3.05) is 20.5 Å². The number of carbonyl (C=O) groups excluding carboxylic acids is 1. The molecule has 0 radical (unpaired) electrons. The topological polar surface area (TPSA) is 56.8 Å². The van der Waals surface area contributed by atoms with Gasteiger partial charge in [0.25, 0.3) is 5.91 Å². The number of carbonyl (C=O) groups is 1. The van der Waals surface area contributed by atoms with Crippen LogP contribution in [0, 0.1) is 0 Å². The fraction of sp³-hybridized carbons (Fsp3) is 0.300. The first-order valence-corrected chi connectivity index (χ1v) is 4.88. The summed E-state index contributed by atoms with van der Waals surface area (Å²) in [7, 11) is 1.45. The van der Waals surface area contributed by atoms with Crippen molar-refractivity contribution in [1.29, 1.82) is 0 Å². The Bertz CT molecular complexity index is 345. The number of hydrogen-bond donors (Lipinski definition) is 1. The average Bonchev–Trinajstić information content (AvgIpc) is 2.28.